The number of fused-ring (bicyclic) bond motifs is 3. The quantitative estimate of drug-likeness (QED) is 0.431. The van der Waals surface area contributed by atoms with Crippen molar-refractivity contribution in [3.8, 4) is 5.75 Å². The number of carbonyl (C=O) groups excluding carboxylic acids is 1. The Bertz CT molecular complexity index is 1430. The Morgan fingerprint density at radius 1 is 1.09 bits per heavy atom. The number of halogens is 1. The SMILES string of the molecule is COC[C@H]1C(=O)NS(=O)(=O)c2ccc3c(c2)N(CCCCc2ccc(Cl)cc2CO3)C[C@@H]2CC[C@H]2[C@@H](OC)/C=C/C[C@@H]1C. The summed E-state index contributed by atoms with van der Waals surface area (Å²) in [6.45, 7) is 3.89. The Hall–Kier alpha value is -2.59. The number of hydrogen-bond acceptors (Lipinski definition) is 7. The molecular formula is C33H43ClN2O6S. The number of allylic oxidation sites excluding steroid dienone is 1. The molecule has 43 heavy (non-hydrogen) atoms. The first-order valence-corrected chi connectivity index (χ1v) is 17.1. The van der Waals surface area contributed by atoms with Crippen LogP contribution in [0.5, 0.6) is 5.75 Å². The van der Waals surface area contributed by atoms with Crippen molar-refractivity contribution in [2.45, 2.75) is 63.1 Å². The van der Waals surface area contributed by atoms with Gasteiger partial charge in [0.2, 0.25) is 5.91 Å². The lowest BCUT2D eigenvalue weighted by Gasteiger charge is -2.43. The van der Waals surface area contributed by atoms with E-state index in [0.717, 1.165) is 50.8 Å². The van der Waals surface area contributed by atoms with Gasteiger partial charge in [-0.15, -0.1) is 0 Å². The molecule has 0 aromatic heterocycles. The van der Waals surface area contributed by atoms with E-state index in [1.54, 1.807) is 19.2 Å². The largest absolute Gasteiger partial charge is 0.487 e. The predicted octanol–water partition coefficient (Wildman–Crippen LogP) is 5.77. The first-order chi connectivity index (χ1) is 20.7. The molecule has 5 rings (SSSR count). The van der Waals surface area contributed by atoms with Crippen molar-refractivity contribution in [2.75, 3.05) is 38.8 Å². The second-order valence-electron chi connectivity index (χ2n) is 12.1. The van der Waals surface area contributed by atoms with Crippen molar-refractivity contribution in [3.63, 3.8) is 0 Å². The average molecular weight is 631 g/mol. The normalized spacial score (nSPS) is 28.6. The zero-order valence-corrected chi connectivity index (χ0v) is 26.8. The molecule has 1 fully saturated rings. The number of amides is 1. The molecule has 0 unspecified atom stereocenters. The molecule has 1 aliphatic carbocycles. The lowest BCUT2D eigenvalue weighted by molar-refractivity contribution is -0.126. The van der Waals surface area contributed by atoms with Gasteiger partial charge in [-0.25, -0.2) is 13.1 Å². The molecule has 8 nitrogen and oxygen atoms in total. The van der Waals surface area contributed by atoms with Crippen molar-refractivity contribution >= 4 is 33.2 Å². The summed E-state index contributed by atoms with van der Waals surface area (Å²) in [7, 11) is -0.877. The summed E-state index contributed by atoms with van der Waals surface area (Å²) < 4.78 is 47.3. The fourth-order valence-electron chi connectivity index (χ4n) is 6.56. The zero-order chi connectivity index (χ0) is 30.6. The molecule has 1 saturated carbocycles. The molecule has 2 aliphatic heterocycles. The van der Waals surface area contributed by atoms with Crippen molar-refractivity contribution in [3.05, 3.63) is 64.7 Å². The standard InChI is InChI=1S/C33H43ClN2O6S/c1-22-7-6-9-31(41-3)28-14-11-24(28)19-36-16-5-4-8-23-10-12-26(34)17-25(23)20-42-32-15-13-27(18-30(32)36)43(38,39)35-33(37)29(22)21-40-2/h6,9-10,12-13,15,17-18,22,24,28-29,31H,4-5,7-8,11,14,16,19-21H2,1-3H3,(H,35,37)/b9-6+/t22-,24-,28+,29+,31-/m0/s1. The van der Waals surface area contributed by atoms with Gasteiger partial charge in [0.15, 0.2) is 0 Å². The van der Waals surface area contributed by atoms with Crippen molar-refractivity contribution in [2.24, 2.45) is 23.7 Å². The molecule has 5 atom stereocenters. The number of hydrogen-bond donors (Lipinski definition) is 1. The maximum atomic E-state index is 13.6. The second-order valence-corrected chi connectivity index (χ2v) is 14.2. The topological polar surface area (TPSA) is 94.2 Å². The van der Waals surface area contributed by atoms with Crippen LogP contribution in [0.15, 0.2) is 53.4 Å². The van der Waals surface area contributed by atoms with Crippen molar-refractivity contribution in [1.82, 2.24) is 4.72 Å². The van der Waals surface area contributed by atoms with E-state index in [9.17, 15) is 13.2 Å². The van der Waals surface area contributed by atoms with Crippen LogP contribution >= 0.6 is 11.6 Å². The third kappa shape index (κ3) is 7.39. The Balaban J connectivity index is 1.56. The molecule has 10 heteroatoms. The minimum Gasteiger partial charge on any atom is -0.487 e. The number of rotatable bonds is 3. The molecular weight excluding hydrogens is 588 g/mol. The van der Waals surface area contributed by atoms with E-state index >= 15 is 0 Å². The van der Waals surface area contributed by atoms with E-state index in [4.69, 9.17) is 25.8 Å². The van der Waals surface area contributed by atoms with E-state index in [1.165, 1.54) is 18.7 Å². The smallest absolute Gasteiger partial charge is 0.264 e. The van der Waals surface area contributed by atoms with Gasteiger partial charge >= 0.3 is 0 Å². The third-order valence-corrected chi connectivity index (χ3v) is 10.9. The van der Waals surface area contributed by atoms with Crippen LogP contribution in [0.3, 0.4) is 0 Å². The number of carbonyl (C=O) groups is 1. The number of nitrogens with one attached hydrogen (secondary N) is 1. The van der Waals surface area contributed by atoms with E-state index < -0.39 is 21.8 Å². The molecule has 234 valence electrons. The fraction of sp³-hybridized carbons (Fsp3) is 0.545. The molecule has 1 amide bonds. The summed E-state index contributed by atoms with van der Waals surface area (Å²) in [4.78, 5) is 15.6. The van der Waals surface area contributed by atoms with Crippen LogP contribution < -0.4 is 14.4 Å². The van der Waals surface area contributed by atoms with Gasteiger partial charge in [-0.3, -0.25) is 4.79 Å². The lowest BCUT2D eigenvalue weighted by atomic mass is 9.70. The maximum Gasteiger partial charge on any atom is 0.264 e. The Kier molecular flexibility index (Phi) is 10.4. The Morgan fingerprint density at radius 2 is 1.93 bits per heavy atom. The lowest BCUT2D eigenvalue weighted by Crippen LogP contribution is -2.44. The molecule has 0 spiro atoms. The van der Waals surface area contributed by atoms with Gasteiger partial charge in [-0.2, -0.15) is 0 Å². The van der Waals surface area contributed by atoms with Crippen LogP contribution in [0, 0.1) is 23.7 Å². The third-order valence-electron chi connectivity index (χ3n) is 9.32. The first-order valence-electron chi connectivity index (χ1n) is 15.2. The Labute approximate surface area is 260 Å². The van der Waals surface area contributed by atoms with Crippen LogP contribution in [0.1, 0.15) is 50.2 Å². The van der Waals surface area contributed by atoms with Crippen LogP contribution in [0.4, 0.5) is 5.69 Å². The van der Waals surface area contributed by atoms with Crippen molar-refractivity contribution in [1.29, 1.82) is 0 Å². The highest BCUT2D eigenvalue weighted by molar-refractivity contribution is 7.90. The van der Waals surface area contributed by atoms with E-state index in [1.807, 2.05) is 19.1 Å². The van der Waals surface area contributed by atoms with Crippen LogP contribution in [-0.4, -0.2) is 54.3 Å². The van der Waals surface area contributed by atoms with Gasteiger partial charge in [0.1, 0.15) is 12.4 Å². The molecule has 2 heterocycles. The van der Waals surface area contributed by atoms with Gasteiger partial charge in [-0.1, -0.05) is 36.7 Å². The minimum absolute atomic E-state index is 0.0285. The zero-order valence-electron chi connectivity index (χ0n) is 25.3. The highest BCUT2D eigenvalue weighted by atomic mass is 35.5. The predicted molar refractivity (Wildman–Crippen MR) is 168 cm³/mol. The summed E-state index contributed by atoms with van der Waals surface area (Å²) in [5, 5.41) is 0.656. The first kappa shape index (κ1) is 31.8. The number of anilines is 1. The number of aryl methyl sites for hydroxylation is 1. The summed E-state index contributed by atoms with van der Waals surface area (Å²) in [5.41, 5.74) is 2.95. The molecule has 2 bridgehead atoms. The van der Waals surface area contributed by atoms with E-state index in [2.05, 4.69) is 27.8 Å². The molecule has 2 aromatic rings. The van der Waals surface area contributed by atoms with Crippen LogP contribution in [0.2, 0.25) is 5.02 Å². The highest BCUT2D eigenvalue weighted by Gasteiger charge is 2.38. The second kappa shape index (κ2) is 14.0. The van der Waals surface area contributed by atoms with Gasteiger partial charge in [-0.05, 0) is 97.7 Å². The van der Waals surface area contributed by atoms with Gasteiger partial charge in [0.25, 0.3) is 10.0 Å². The van der Waals surface area contributed by atoms with Crippen LogP contribution in [0.25, 0.3) is 0 Å². The molecule has 0 radical (unpaired) electrons. The average Bonchev–Trinajstić information content (AvgIpc) is 2.99. The van der Waals surface area contributed by atoms with Crippen molar-refractivity contribution < 1.29 is 27.4 Å². The summed E-state index contributed by atoms with van der Waals surface area (Å²) >= 11 is 6.33. The maximum absolute atomic E-state index is 13.6. The summed E-state index contributed by atoms with van der Waals surface area (Å²) in [5.74, 6) is -0.0125. The fourth-order valence-corrected chi connectivity index (χ4v) is 7.80. The number of ether oxygens (including phenoxy) is 3. The monoisotopic (exact) mass is 630 g/mol. The highest BCUT2D eigenvalue weighted by Crippen LogP contribution is 2.42. The molecule has 1 N–H and O–H groups in total. The van der Waals surface area contributed by atoms with Gasteiger partial charge < -0.3 is 19.1 Å². The molecule has 3 aliphatic rings. The Morgan fingerprint density at radius 3 is 2.67 bits per heavy atom. The molecule has 2 aromatic carbocycles. The number of sulfonamides is 1. The molecule has 0 saturated heterocycles. The number of methoxy groups -OCH3 is 2. The van der Waals surface area contributed by atoms with Crippen LogP contribution in [-0.2, 0) is 37.3 Å². The summed E-state index contributed by atoms with van der Waals surface area (Å²) in [6.07, 6.45) is 9.72. The van der Waals surface area contributed by atoms with Gasteiger partial charge in [0, 0.05) is 32.3 Å². The summed E-state index contributed by atoms with van der Waals surface area (Å²) in [6, 6.07) is 10.8. The van der Waals surface area contributed by atoms with E-state index in [0.29, 0.717) is 41.3 Å². The number of benzene rings is 2. The van der Waals surface area contributed by atoms with Gasteiger partial charge in [0.05, 0.1) is 29.2 Å². The minimum atomic E-state index is -4.15. The number of nitrogens with zero attached hydrogens (tertiary/aromatic N) is 1. The van der Waals surface area contributed by atoms with E-state index in [-0.39, 0.29) is 23.5 Å².